The number of anilines is 1. The van der Waals surface area contributed by atoms with Crippen molar-refractivity contribution in [2.24, 2.45) is 10.9 Å². The summed E-state index contributed by atoms with van der Waals surface area (Å²) in [5.41, 5.74) is -0.0471. The van der Waals surface area contributed by atoms with Crippen molar-refractivity contribution in [3.63, 3.8) is 0 Å². The highest BCUT2D eigenvalue weighted by Crippen LogP contribution is 2.54. The molecule has 226 valence electrons. The zero-order valence-corrected chi connectivity index (χ0v) is 25.4. The van der Waals surface area contributed by atoms with Crippen LogP contribution in [0.25, 0.3) is 10.9 Å². The molecular formula is C32H34ClN3O7. The maximum absolute atomic E-state index is 13.8. The highest BCUT2D eigenvalue weighted by molar-refractivity contribution is 6.35. The fourth-order valence-corrected chi connectivity index (χ4v) is 5.95. The molecule has 1 aromatic heterocycles. The Hall–Kier alpha value is -4.31. The second-order valence-electron chi connectivity index (χ2n) is 10.7. The molecule has 0 fully saturated rings. The van der Waals surface area contributed by atoms with E-state index in [4.69, 9.17) is 30.5 Å². The van der Waals surface area contributed by atoms with Gasteiger partial charge in [0.25, 0.3) is 0 Å². The van der Waals surface area contributed by atoms with Gasteiger partial charge in [0.1, 0.15) is 27.8 Å². The number of benzene rings is 2. The number of methoxy groups -OCH3 is 3. The van der Waals surface area contributed by atoms with Crippen LogP contribution in [-0.4, -0.2) is 67.4 Å². The van der Waals surface area contributed by atoms with Gasteiger partial charge in [-0.05, 0) is 31.9 Å². The van der Waals surface area contributed by atoms with Crippen LogP contribution in [0.3, 0.4) is 0 Å². The van der Waals surface area contributed by atoms with Gasteiger partial charge in [0, 0.05) is 54.9 Å². The Kier molecular flexibility index (Phi) is 8.50. The number of carbonyl (C=O) groups is 2. The first kappa shape index (κ1) is 30.2. The minimum absolute atomic E-state index is 0.0221. The molecule has 0 saturated carbocycles. The van der Waals surface area contributed by atoms with Crippen LogP contribution in [0.15, 0.2) is 52.9 Å². The Balaban J connectivity index is 1.31. The fourth-order valence-electron chi connectivity index (χ4n) is 5.69. The number of nitrogens with zero attached hydrogens (tertiary/aromatic N) is 2. The maximum atomic E-state index is 13.8. The lowest BCUT2D eigenvalue weighted by atomic mass is 9.73. The van der Waals surface area contributed by atoms with Crippen LogP contribution in [0.4, 0.5) is 5.69 Å². The number of rotatable bonds is 10. The number of carbonyl (C=O) groups excluding carboxylic acids is 2. The van der Waals surface area contributed by atoms with Crippen molar-refractivity contribution in [1.82, 2.24) is 4.98 Å². The van der Waals surface area contributed by atoms with E-state index in [-0.39, 0.29) is 51.7 Å². The minimum atomic E-state index is -1.83. The Morgan fingerprint density at radius 3 is 2.70 bits per heavy atom. The number of pyridine rings is 1. The summed E-state index contributed by atoms with van der Waals surface area (Å²) in [7, 11) is 4.48. The topological polar surface area (TPSA) is 129 Å². The van der Waals surface area contributed by atoms with Gasteiger partial charge in [-0.1, -0.05) is 24.6 Å². The third-order valence-electron chi connectivity index (χ3n) is 7.97. The van der Waals surface area contributed by atoms with Crippen LogP contribution in [0.1, 0.15) is 43.5 Å². The number of aromatic nitrogens is 1. The molecular weight excluding hydrogens is 574 g/mol. The Labute approximate surface area is 254 Å². The number of hydrogen-bond acceptors (Lipinski definition) is 10. The number of aliphatic hydroxyl groups is 1. The van der Waals surface area contributed by atoms with Gasteiger partial charge >= 0.3 is 0 Å². The van der Waals surface area contributed by atoms with Crippen molar-refractivity contribution in [2.45, 2.75) is 44.8 Å². The standard InChI is InChI=1S/C32H34ClN3O7/c1-17-12-23(37)21(30(38)32(17)31(39)26-24(41-4)15-25(42-5)27(33)29(26)43-32)16-34-10-6-8-18(2)36-22-14-20(40-3)13-19-9-7-11-35-28(19)22/h7,9,11,13-18,36,38H,6,8,10,12H2,1-5H3/t17-,18?,32+/m1/s1. The van der Waals surface area contributed by atoms with E-state index in [0.717, 1.165) is 28.8 Å². The number of aliphatic hydroxyl groups excluding tert-OH is 1. The predicted molar refractivity (Wildman–Crippen MR) is 165 cm³/mol. The molecule has 1 aliphatic carbocycles. The fraction of sp³-hybridized carbons (Fsp3) is 0.375. The van der Waals surface area contributed by atoms with Crippen LogP contribution in [0, 0.1) is 5.92 Å². The van der Waals surface area contributed by atoms with E-state index in [1.165, 1.54) is 26.5 Å². The van der Waals surface area contributed by atoms with E-state index in [1.807, 2.05) is 24.3 Å². The SMILES string of the molecule is COc1cc(NC(C)CCCN=CC2=C(O)[C@@]3(Oc4c(Cl)c(OC)cc(OC)c4C3=O)[C@H](C)CC2=O)c2ncccc2c1. The molecule has 1 spiro atoms. The number of Topliss-reactive ketones (excluding diaryl/α,β-unsaturated/α-hetero) is 2. The molecule has 10 nitrogen and oxygen atoms in total. The first-order valence-corrected chi connectivity index (χ1v) is 14.4. The van der Waals surface area contributed by atoms with Crippen LogP contribution in [0.2, 0.25) is 5.02 Å². The molecule has 3 aromatic rings. The van der Waals surface area contributed by atoms with Crippen LogP contribution in [-0.2, 0) is 4.79 Å². The van der Waals surface area contributed by atoms with Crippen molar-refractivity contribution in [1.29, 1.82) is 0 Å². The van der Waals surface area contributed by atoms with Crippen molar-refractivity contribution in [2.75, 3.05) is 33.2 Å². The number of allylic oxidation sites excluding steroid dienone is 1. The summed E-state index contributed by atoms with van der Waals surface area (Å²) in [6.45, 7) is 4.15. The van der Waals surface area contributed by atoms with E-state index >= 15 is 0 Å². The summed E-state index contributed by atoms with van der Waals surface area (Å²) in [5, 5.41) is 16.0. The van der Waals surface area contributed by atoms with Gasteiger partial charge in [-0.2, -0.15) is 0 Å². The van der Waals surface area contributed by atoms with Gasteiger partial charge in [0.05, 0.1) is 38.1 Å². The highest BCUT2D eigenvalue weighted by atomic mass is 35.5. The van der Waals surface area contributed by atoms with Gasteiger partial charge in [0.2, 0.25) is 11.4 Å². The zero-order chi connectivity index (χ0) is 30.9. The molecule has 2 heterocycles. The Bertz CT molecular complexity index is 1650. The molecule has 11 heteroatoms. The highest BCUT2D eigenvalue weighted by Gasteiger charge is 2.60. The summed E-state index contributed by atoms with van der Waals surface area (Å²) < 4.78 is 22.3. The van der Waals surface area contributed by atoms with Crippen LogP contribution >= 0.6 is 11.6 Å². The first-order chi connectivity index (χ1) is 20.7. The van der Waals surface area contributed by atoms with Crippen LogP contribution in [0.5, 0.6) is 23.0 Å². The summed E-state index contributed by atoms with van der Waals surface area (Å²) in [4.78, 5) is 35.7. The molecule has 0 saturated heterocycles. The number of hydrogen-bond donors (Lipinski definition) is 2. The second kappa shape index (κ2) is 12.1. The van der Waals surface area contributed by atoms with Crippen LogP contribution < -0.4 is 24.3 Å². The van der Waals surface area contributed by atoms with Gasteiger partial charge in [-0.3, -0.25) is 19.6 Å². The smallest absolute Gasteiger partial charge is 0.231 e. The second-order valence-corrected chi connectivity index (χ2v) is 11.1. The largest absolute Gasteiger partial charge is 0.507 e. The lowest BCUT2D eigenvalue weighted by molar-refractivity contribution is -0.118. The number of aliphatic imine (C=N–C) groups is 1. The number of ketones is 2. The quantitative estimate of drug-likeness (QED) is 0.210. The van der Waals surface area contributed by atoms with E-state index in [2.05, 4.69) is 22.2 Å². The van der Waals surface area contributed by atoms with Gasteiger partial charge < -0.3 is 29.4 Å². The molecule has 1 unspecified atom stereocenters. The maximum Gasteiger partial charge on any atom is 0.231 e. The third kappa shape index (κ3) is 5.24. The van der Waals surface area contributed by atoms with E-state index in [0.29, 0.717) is 13.0 Å². The molecule has 5 rings (SSSR count). The lowest BCUT2D eigenvalue weighted by Gasteiger charge is -2.36. The van der Waals surface area contributed by atoms with E-state index in [1.54, 1.807) is 20.2 Å². The molecule has 2 N–H and O–H groups in total. The zero-order valence-electron chi connectivity index (χ0n) is 24.7. The first-order valence-electron chi connectivity index (χ1n) is 14.0. The molecule has 2 aliphatic rings. The normalized spacial score (nSPS) is 20.5. The molecule has 3 atom stereocenters. The number of ether oxygens (including phenoxy) is 4. The van der Waals surface area contributed by atoms with Crippen molar-refractivity contribution in [3.05, 3.63) is 58.4 Å². The molecule has 0 radical (unpaired) electrons. The average Bonchev–Trinajstić information content (AvgIpc) is 3.32. The summed E-state index contributed by atoms with van der Waals surface area (Å²) in [5.74, 6) is -0.764. The molecule has 43 heavy (non-hydrogen) atoms. The van der Waals surface area contributed by atoms with E-state index in [9.17, 15) is 14.7 Å². The average molecular weight is 608 g/mol. The Morgan fingerprint density at radius 1 is 1.21 bits per heavy atom. The van der Waals surface area contributed by atoms with Gasteiger partial charge in [0.15, 0.2) is 17.3 Å². The molecule has 1 aliphatic heterocycles. The predicted octanol–water partition coefficient (Wildman–Crippen LogP) is 6.00. The van der Waals surface area contributed by atoms with Gasteiger partial charge in [-0.15, -0.1) is 0 Å². The summed E-state index contributed by atoms with van der Waals surface area (Å²) >= 11 is 6.49. The number of nitrogens with one attached hydrogen (secondary N) is 1. The van der Waals surface area contributed by atoms with Crippen molar-refractivity contribution in [3.8, 4) is 23.0 Å². The molecule has 0 bridgehead atoms. The third-order valence-corrected chi connectivity index (χ3v) is 8.33. The molecule has 2 aromatic carbocycles. The molecule has 0 amide bonds. The lowest BCUT2D eigenvalue weighted by Crippen LogP contribution is -2.52. The van der Waals surface area contributed by atoms with Crippen molar-refractivity contribution < 1.29 is 33.6 Å². The van der Waals surface area contributed by atoms with E-state index < -0.39 is 23.1 Å². The number of fused-ring (bicyclic) bond motifs is 2. The Morgan fingerprint density at radius 2 is 1.98 bits per heavy atom. The minimum Gasteiger partial charge on any atom is -0.507 e. The van der Waals surface area contributed by atoms with Crippen molar-refractivity contribution >= 4 is 46.0 Å². The van der Waals surface area contributed by atoms with Gasteiger partial charge in [-0.25, -0.2) is 0 Å². The summed E-state index contributed by atoms with van der Waals surface area (Å²) in [6, 6.07) is 9.33. The summed E-state index contributed by atoms with van der Waals surface area (Å²) in [6.07, 6.45) is 4.55. The number of halogens is 1. The monoisotopic (exact) mass is 607 g/mol.